The van der Waals surface area contributed by atoms with Crippen LogP contribution in [0.15, 0.2) is 42.5 Å². The lowest BCUT2D eigenvalue weighted by molar-refractivity contribution is -0.140. The van der Waals surface area contributed by atoms with Gasteiger partial charge in [-0.25, -0.2) is 8.42 Å². The Kier molecular flexibility index (Phi) is 9.76. The minimum absolute atomic E-state index is 0.0725. The van der Waals surface area contributed by atoms with Gasteiger partial charge in [-0.05, 0) is 55.7 Å². The highest BCUT2D eigenvalue weighted by Gasteiger charge is 2.26. The number of methoxy groups -OCH3 is 1. The first-order valence-corrected chi connectivity index (χ1v) is 13.1. The molecular weight excluding hydrogens is 478 g/mol. The van der Waals surface area contributed by atoms with Gasteiger partial charge in [0.1, 0.15) is 11.8 Å². The third-order valence-electron chi connectivity index (χ3n) is 5.52. The average Bonchev–Trinajstić information content (AvgIpc) is 2.80. The van der Waals surface area contributed by atoms with Crippen molar-refractivity contribution in [1.82, 2.24) is 10.2 Å². The second kappa shape index (κ2) is 12.1. The lowest BCUT2D eigenvalue weighted by atomic mass is 10.1. The number of nitrogens with zero attached hydrogens (tertiary/aromatic N) is 2. The molecule has 0 heterocycles. The molecule has 0 aliphatic rings. The van der Waals surface area contributed by atoms with Crippen molar-refractivity contribution >= 4 is 39.1 Å². The molecule has 1 N–H and O–H groups in total. The Morgan fingerprint density at radius 3 is 2.35 bits per heavy atom. The minimum Gasteiger partial charge on any atom is -0.497 e. The summed E-state index contributed by atoms with van der Waals surface area (Å²) in [4.78, 5) is 26.9. The second-order valence-electron chi connectivity index (χ2n) is 8.03. The van der Waals surface area contributed by atoms with E-state index in [1.807, 2.05) is 12.1 Å². The number of ether oxygens (including phenoxy) is 1. The molecule has 0 bridgehead atoms. The van der Waals surface area contributed by atoms with Gasteiger partial charge in [0.2, 0.25) is 21.8 Å². The molecule has 2 amide bonds. The zero-order chi connectivity index (χ0) is 25.5. The molecule has 1 atom stereocenters. The fourth-order valence-corrected chi connectivity index (χ4v) is 4.73. The second-order valence-corrected chi connectivity index (χ2v) is 10.4. The zero-order valence-corrected chi connectivity index (χ0v) is 21.7. The molecule has 2 aromatic rings. The third-order valence-corrected chi connectivity index (χ3v) is 6.93. The van der Waals surface area contributed by atoms with Crippen molar-refractivity contribution in [2.24, 2.45) is 0 Å². The topological polar surface area (TPSA) is 96.0 Å². The lowest BCUT2D eigenvalue weighted by Gasteiger charge is -2.29. The van der Waals surface area contributed by atoms with E-state index in [-0.39, 0.29) is 37.7 Å². The number of amides is 2. The summed E-state index contributed by atoms with van der Waals surface area (Å²) in [6, 6.07) is 11.6. The molecule has 34 heavy (non-hydrogen) atoms. The third kappa shape index (κ3) is 7.36. The summed E-state index contributed by atoms with van der Waals surface area (Å²) in [5, 5.41) is 3.00. The summed E-state index contributed by atoms with van der Waals surface area (Å²) in [5.41, 5.74) is 2.09. The Morgan fingerprint density at radius 2 is 1.79 bits per heavy atom. The number of halogens is 1. The molecular formula is C24H32ClN3O5S. The van der Waals surface area contributed by atoms with Gasteiger partial charge in [0, 0.05) is 31.6 Å². The minimum atomic E-state index is -3.59. The Morgan fingerprint density at radius 1 is 1.15 bits per heavy atom. The molecule has 2 aromatic carbocycles. The van der Waals surface area contributed by atoms with Crippen LogP contribution in [0.3, 0.4) is 0 Å². The molecule has 0 saturated heterocycles. The molecule has 186 valence electrons. The van der Waals surface area contributed by atoms with Crippen molar-refractivity contribution in [2.45, 2.75) is 39.3 Å². The molecule has 0 fully saturated rings. The van der Waals surface area contributed by atoms with Crippen LogP contribution in [-0.2, 0) is 26.2 Å². The number of aryl methyl sites for hydroxylation is 1. The number of carbonyl (C=O) groups excluding carboxylic acids is 2. The van der Waals surface area contributed by atoms with Crippen molar-refractivity contribution in [2.75, 3.05) is 31.3 Å². The molecule has 0 saturated carbocycles. The van der Waals surface area contributed by atoms with E-state index in [2.05, 4.69) is 5.32 Å². The van der Waals surface area contributed by atoms with Crippen molar-refractivity contribution < 1.29 is 22.7 Å². The smallest absolute Gasteiger partial charge is 0.242 e. The fraction of sp³-hybridized carbons (Fsp3) is 0.417. The van der Waals surface area contributed by atoms with Gasteiger partial charge in [-0.1, -0.05) is 29.8 Å². The van der Waals surface area contributed by atoms with E-state index in [4.69, 9.17) is 16.3 Å². The first kappa shape index (κ1) is 27.5. The van der Waals surface area contributed by atoms with Crippen molar-refractivity contribution in [1.29, 1.82) is 0 Å². The van der Waals surface area contributed by atoms with Crippen LogP contribution in [-0.4, -0.2) is 58.1 Å². The quantitative estimate of drug-likeness (QED) is 0.501. The maximum atomic E-state index is 13.2. The predicted octanol–water partition coefficient (Wildman–Crippen LogP) is 3.37. The Hall–Kier alpha value is -2.78. The highest BCUT2D eigenvalue weighted by atomic mass is 35.5. The van der Waals surface area contributed by atoms with Crippen molar-refractivity contribution in [3.63, 3.8) is 0 Å². The summed E-state index contributed by atoms with van der Waals surface area (Å²) < 4.78 is 31.4. The average molecular weight is 510 g/mol. The maximum Gasteiger partial charge on any atom is 0.242 e. The summed E-state index contributed by atoms with van der Waals surface area (Å²) in [5.74, 6) is 0.163. The molecule has 0 aliphatic carbocycles. The van der Waals surface area contributed by atoms with Crippen LogP contribution in [0.25, 0.3) is 0 Å². The number of hydrogen-bond donors (Lipinski definition) is 1. The molecule has 0 spiro atoms. The van der Waals surface area contributed by atoms with E-state index in [1.165, 1.54) is 16.3 Å². The number of likely N-dealkylation sites (N-methyl/N-ethyl adjacent to an activating group) is 1. The normalized spacial score (nSPS) is 12.1. The molecule has 10 heteroatoms. The van der Waals surface area contributed by atoms with Gasteiger partial charge in [-0.3, -0.25) is 13.9 Å². The first-order chi connectivity index (χ1) is 16.0. The number of anilines is 1. The van der Waals surface area contributed by atoms with Crippen LogP contribution in [0.2, 0.25) is 5.02 Å². The predicted molar refractivity (Wildman–Crippen MR) is 135 cm³/mol. The molecule has 0 radical (unpaired) electrons. The monoisotopic (exact) mass is 509 g/mol. The number of sulfonamides is 1. The highest BCUT2D eigenvalue weighted by molar-refractivity contribution is 7.92. The Bertz CT molecular complexity index is 1110. The largest absolute Gasteiger partial charge is 0.497 e. The molecule has 0 aliphatic heterocycles. The van der Waals surface area contributed by atoms with Gasteiger partial charge in [0.05, 0.1) is 19.1 Å². The molecule has 2 rings (SSSR count). The first-order valence-electron chi connectivity index (χ1n) is 10.9. The van der Waals surface area contributed by atoms with Gasteiger partial charge < -0.3 is 15.0 Å². The van der Waals surface area contributed by atoms with E-state index in [9.17, 15) is 18.0 Å². The van der Waals surface area contributed by atoms with Crippen molar-refractivity contribution in [3.8, 4) is 5.75 Å². The van der Waals surface area contributed by atoms with Gasteiger partial charge in [-0.15, -0.1) is 0 Å². The van der Waals surface area contributed by atoms with E-state index < -0.39 is 16.1 Å². The molecule has 0 aromatic heterocycles. The lowest BCUT2D eigenvalue weighted by Crippen LogP contribution is -2.46. The van der Waals surface area contributed by atoms with Gasteiger partial charge in [0.15, 0.2) is 0 Å². The van der Waals surface area contributed by atoms with Gasteiger partial charge in [0.25, 0.3) is 0 Å². The summed E-state index contributed by atoms with van der Waals surface area (Å²) >= 11 is 6.08. The van der Waals surface area contributed by atoms with E-state index in [1.54, 1.807) is 51.3 Å². The van der Waals surface area contributed by atoms with Crippen LogP contribution >= 0.6 is 11.6 Å². The highest BCUT2D eigenvalue weighted by Crippen LogP contribution is 2.27. The number of rotatable bonds is 11. The molecule has 8 nitrogen and oxygen atoms in total. The summed E-state index contributed by atoms with van der Waals surface area (Å²) in [6.45, 7) is 3.81. The van der Waals surface area contributed by atoms with Crippen LogP contribution in [0, 0.1) is 6.92 Å². The Labute approximate surface area is 206 Å². The maximum absolute atomic E-state index is 13.2. The Balaban J connectivity index is 2.17. The number of benzene rings is 2. The summed E-state index contributed by atoms with van der Waals surface area (Å²) in [6.07, 6.45) is 1.47. The van der Waals surface area contributed by atoms with Gasteiger partial charge in [-0.2, -0.15) is 0 Å². The summed E-state index contributed by atoms with van der Waals surface area (Å²) in [7, 11) is -0.498. The van der Waals surface area contributed by atoms with E-state index >= 15 is 0 Å². The van der Waals surface area contributed by atoms with Gasteiger partial charge >= 0.3 is 0 Å². The van der Waals surface area contributed by atoms with E-state index in [0.717, 1.165) is 17.4 Å². The van der Waals surface area contributed by atoms with Crippen LogP contribution in [0.5, 0.6) is 5.75 Å². The zero-order valence-electron chi connectivity index (χ0n) is 20.2. The van der Waals surface area contributed by atoms with Crippen molar-refractivity contribution in [3.05, 3.63) is 58.6 Å². The number of nitrogens with one attached hydrogen (secondary N) is 1. The SMILES string of the molecule is CNC(=O)C(C)N(Cc1ccc(OC)cc1)C(=O)CCCN(c1cc(Cl)ccc1C)S(C)(=O)=O. The van der Waals surface area contributed by atoms with Crippen LogP contribution in [0.4, 0.5) is 5.69 Å². The standard InChI is InChI=1S/C24H32ClN3O5S/c1-17-8-11-20(25)15-22(17)28(34(5,31)32)14-6-7-23(29)27(18(2)24(30)26-3)16-19-9-12-21(33-4)13-10-19/h8-13,15,18H,6-7,14,16H2,1-5H3,(H,26,30). The number of hydrogen-bond acceptors (Lipinski definition) is 5. The fourth-order valence-electron chi connectivity index (χ4n) is 3.55. The van der Waals surface area contributed by atoms with E-state index in [0.29, 0.717) is 16.5 Å². The van der Waals surface area contributed by atoms with Crippen LogP contribution in [0.1, 0.15) is 30.9 Å². The van der Waals surface area contributed by atoms with Crippen LogP contribution < -0.4 is 14.4 Å². The number of carbonyl (C=O) groups is 2. The molecule has 1 unspecified atom stereocenters.